The van der Waals surface area contributed by atoms with Gasteiger partial charge in [0.25, 0.3) is 0 Å². The molecule has 0 bridgehead atoms. The molecule has 0 aromatic heterocycles. The quantitative estimate of drug-likeness (QED) is 0.935. The predicted octanol–water partition coefficient (Wildman–Crippen LogP) is 3.44. The Kier molecular flexibility index (Phi) is 3.42. The fourth-order valence-corrected chi connectivity index (χ4v) is 3.18. The number of anilines is 1. The van der Waals surface area contributed by atoms with Gasteiger partial charge in [0.2, 0.25) is 0 Å². The first-order chi connectivity index (χ1) is 10.2. The van der Waals surface area contributed by atoms with Crippen molar-refractivity contribution in [1.29, 1.82) is 0 Å². The SMILES string of the molecule is CCC1(c2ccccc2)CN=C(N)N1c1ccccc1C. The summed E-state index contributed by atoms with van der Waals surface area (Å²) in [5.74, 6) is 0.606. The van der Waals surface area contributed by atoms with Crippen molar-refractivity contribution in [2.24, 2.45) is 10.7 Å². The second-order valence-corrected chi connectivity index (χ2v) is 5.55. The maximum atomic E-state index is 6.24. The van der Waals surface area contributed by atoms with Crippen LogP contribution < -0.4 is 10.6 Å². The van der Waals surface area contributed by atoms with Crippen molar-refractivity contribution in [3.63, 3.8) is 0 Å². The predicted molar refractivity (Wildman–Crippen MR) is 88.6 cm³/mol. The lowest BCUT2D eigenvalue weighted by Gasteiger charge is -2.40. The summed E-state index contributed by atoms with van der Waals surface area (Å²) in [7, 11) is 0. The van der Waals surface area contributed by atoms with Crippen LogP contribution in [-0.2, 0) is 5.54 Å². The van der Waals surface area contributed by atoms with E-state index >= 15 is 0 Å². The third-order valence-electron chi connectivity index (χ3n) is 4.41. The van der Waals surface area contributed by atoms with Gasteiger partial charge in [-0.25, -0.2) is 0 Å². The van der Waals surface area contributed by atoms with Crippen LogP contribution in [0.5, 0.6) is 0 Å². The highest BCUT2D eigenvalue weighted by Gasteiger charge is 2.43. The molecule has 2 aromatic carbocycles. The van der Waals surface area contributed by atoms with Crippen molar-refractivity contribution in [3.05, 3.63) is 65.7 Å². The molecule has 0 saturated heterocycles. The third-order valence-corrected chi connectivity index (χ3v) is 4.41. The highest BCUT2D eigenvalue weighted by Crippen LogP contribution is 2.40. The number of aliphatic imine (C=N–C) groups is 1. The molecule has 3 rings (SSSR count). The number of hydrogen-bond acceptors (Lipinski definition) is 3. The van der Waals surface area contributed by atoms with Crippen LogP contribution in [0, 0.1) is 6.92 Å². The Morgan fingerprint density at radius 3 is 2.43 bits per heavy atom. The molecule has 0 fully saturated rings. The minimum Gasteiger partial charge on any atom is -0.369 e. The zero-order valence-corrected chi connectivity index (χ0v) is 12.6. The lowest BCUT2D eigenvalue weighted by molar-refractivity contribution is 0.461. The molecule has 0 radical (unpaired) electrons. The van der Waals surface area contributed by atoms with E-state index < -0.39 is 0 Å². The van der Waals surface area contributed by atoms with Crippen molar-refractivity contribution in [2.75, 3.05) is 11.4 Å². The van der Waals surface area contributed by atoms with Crippen LogP contribution in [0.3, 0.4) is 0 Å². The molecule has 1 heterocycles. The molecule has 1 aliphatic rings. The minimum absolute atomic E-state index is 0.183. The average molecular weight is 279 g/mol. The van der Waals surface area contributed by atoms with Crippen LogP contribution in [0.1, 0.15) is 24.5 Å². The number of rotatable bonds is 3. The van der Waals surface area contributed by atoms with E-state index in [2.05, 4.69) is 72.3 Å². The van der Waals surface area contributed by atoms with Crippen LogP contribution in [0.25, 0.3) is 0 Å². The van der Waals surface area contributed by atoms with E-state index in [1.165, 1.54) is 11.1 Å². The number of hydrogen-bond donors (Lipinski definition) is 1. The van der Waals surface area contributed by atoms with Crippen molar-refractivity contribution in [3.8, 4) is 0 Å². The number of benzene rings is 2. The summed E-state index contributed by atoms with van der Waals surface area (Å²) in [6, 6.07) is 18.9. The minimum atomic E-state index is -0.183. The molecule has 2 aromatic rings. The number of guanidine groups is 1. The molecule has 1 unspecified atom stereocenters. The zero-order valence-electron chi connectivity index (χ0n) is 12.6. The molecule has 3 heteroatoms. The van der Waals surface area contributed by atoms with Gasteiger partial charge >= 0.3 is 0 Å². The molecular formula is C18H21N3. The molecule has 108 valence electrons. The van der Waals surface area contributed by atoms with Gasteiger partial charge < -0.3 is 10.6 Å². The monoisotopic (exact) mass is 279 g/mol. The first-order valence-corrected chi connectivity index (χ1v) is 7.40. The summed E-state index contributed by atoms with van der Waals surface area (Å²) in [4.78, 5) is 6.76. The van der Waals surface area contributed by atoms with Crippen LogP contribution in [0.15, 0.2) is 59.6 Å². The summed E-state index contributed by atoms with van der Waals surface area (Å²) in [5, 5.41) is 0. The largest absolute Gasteiger partial charge is 0.369 e. The summed E-state index contributed by atoms with van der Waals surface area (Å²) in [6.07, 6.45) is 0.954. The molecule has 2 N–H and O–H groups in total. The summed E-state index contributed by atoms with van der Waals surface area (Å²) in [6.45, 7) is 5.02. The Hall–Kier alpha value is -2.29. The second kappa shape index (κ2) is 5.24. The van der Waals surface area contributed by atoms with Crippen molar-refractivity contribution in [1.82, 2.24) is 0 Å². The zero-order chi connectivity index (χ0) is 14.9. The van der Waals surface area contributed by atoms with E-state index in [9.17, 15) is 0 Å². The van der Waals surface area contributed by atoms with Crippen molar-refractivity contribution in [2.45, 2.75) is 25.8 Å². The van der Waals surface area contributed by atoms with Gasteiger partial charge in [0.05, 0.1) is 12.1 Å². The van der Waals surface area contributed by atoms with Gasteiger partial charge in [0.15, 0.2) is 5.96 Å². The molecule has 3 nitrogen and oxygen atoms in total. The molecule has 0 amide bonds. The smallest absolute Gasteiger partial charge is 0.196 e. The molecule has 0 spiro atoms. The van der Waals surface area contributed by atoms with E-state index in [-0.39, 0.29) is 5.54 Å². The van der Waals surface area contributed by atoms with Gasteiger partial charge in [0, 0.05) is 5.69 Å². The number of para-hydroxylation sites is 1. The Balaban J connectivity index is 2.16. The Bertz CT molecular complexity index is 663. The first-order valence-electron chi connectivity index (χ1n) is 7.40. The Morgan fingerprint density at radius 1 is 1.10 bits per heavy atom. The first kappa shape index (κ1) is 13.7. The molecular weight excluding hydrogens is 258 g/mol. The fraction of sp³-hybridized carbons (Fsp3) is 0.278. The summed E-state index contributed by atoms with van der Waals surface area (Å²) in [5.41, 5.74) is 9.68. The number of nitrogens with two attached hydrogens (primary N) is 1. The van der Waals surface area contributed by atoms with Gasteiger partial charge in [-0.2, -0.15) is 0 Å². The highest BCUT2D eigenvalue weighted by molar-refractivity contribution is 5.99. The van der Waals surface area contributed by atoms with E-state index in [0.717, 1.165) is 12.1 Å². The second-order valence-electron chi connectivity index (χ2n) is 5.55. The summed E-state index contributed by atoms with van der Waals surface area (Å²) >= 11 is 0. The van der Waals surface area contributed by atoms with Crippen LogP contribution in [0.2, 0.25) is 0 Å². The molecule has 1 aliphatic heterocycles. The highest BCUT2D eigenvalue weighted by atomic mass is 15.4. The van der Waals surface area contributed by atoms with E-state index in [1.807, 2.05) is 6.07 Å². The average Bonchev–Trinajstić information content (AvgIpc) is 2.87. The van der Waals surface area contributed by atoms with E-state index in [1.54, 1.807) is 0 Å². The van der Waals surface area contributed by atoms with Gasteiger partial charge in [-0.1, -0.05) is 55.5 Å². The standard InChI is InChI=1S/C18H21N3/c1-3-18(15-10-5-4-6-11-15)13-20-17(19)21(18)16-12-8-7-9-14(16)2/h4-12H,3,13H2,1-2H3,(H2,19,20). The van der Waals surface area contributed by atoms with Crippen LogP contribution in [0.4, 0.5) is 5.69 Å². The topological polar surface area (TPSA) is 41.6 Å². The number of nitrogens with zero attached hydrogens (tertiary/aromatic N) is 2. The molecule has 0 aliphatic carbocycles. The Morgan fingerprint density at radius 2 is 1.76 bits per heavy atom. The fourth-order valence-electron chi connectivity index (χ4n) is 3.18. The normalized spacial score (nSPS) is 21.4. The third kappa shape index (κ3) is 2.09. The van der Waals surface area contributed by atoms with Gasteiger partial charge in [-0.3, -0.25) is 4.99 Å². The van der Waals surface area contributed by atoms with Crippen molar-refractivity contribution >= 4 is 11.6 Å². The van der Waals surface area contributed by atoms with Crippen LogP contribution in [-0.4, -0.2) is 12.5 Å². The lowest BCUT2D eigenvalue weighted by Crippen LogP contribution is -2.49. The van der Waals surface area contributed by atoms with E-state index in [4.69, 9.17) is 5.73 Å². The van der Waals surface area contributed by atoms with Crippen molar-refractivity contribution < 1.29 is 0 Å². The molecule has 21 heavy (non-hydrogen) atoms. The van der Waals surface area contributed by atoms with Crippen LogP contribution >= 0.6 is 0 Å². The van der Waals surface area contributed by atoms with Gasteiger partial charge in [-0.05, 0) is 30.5 Å². The maximum Gasteiger partial charge on any atom is 0.196 e. The van der Waals surface area contributed by atoms with E-state index in [0.29, 0.717) is 12.5 Å². The molecule has 1 atom stereocenters. The lowest BCUT2D eigenvalue weighted by atomic mass is 9.85. The summed E-state index contributed by atoms with van der Waals surface area (Å²) < 4.78 is 0. The van der Waals surface area contributed by atoms with Gasteiger partial charge in [-0.15, -0.1) is 0 Å². The number of aryl methyl sites for hydroxylation is 1. The Labute approximate surface area is 126 Å². The molecule has 0 saturated carbocycles. The maximum absolute atomic E-state index is 6.24. The van der Waals surface area contributed by atoms with Gasteiger partial charge in [0.1, 0.15) is 0 Å².